The molecule has 0 aliphatic heterocycles. The molecule has 8 aromatic carbocycles. The summed E-state index contributed by atoms with van der Waals surface area (Å²) in [7, 11) is 0. The highest BCUT2D eigenvalue weighted by molar-refractivity contribution is 6.33. The summed E-state index contributed by atoms with van der Waals surface area (Å²) in [5, 5.41) is 1.59. The van der Waals surface area contributed by atoms with Crippen molar-refractivity contribution in [2.24, 2.45) is 94.7 Å². The van der Waals surface area contributed by atoms with E-state index < -0.39 is 34.9 Å². The molecule has 0 atom stereocenters. The van der Waals surface area contributed by atoms with Crippen LogP contribution in [0.25, 0.3) is 0 Å². The molecular formula is C128H176Cl5F11. The van der Waals surface area contributed by atoms with Gasteiger partial charge in [-0.1, -0.05) is 416 Å². The van der Waals surface area contributed by atoms with E-state index in [0.717, 1.165) is 199 Å². The molecule has 8 aliphatic rings. The van der Waals surface area contributed by atoms with Gasteiger partial charge >= 0.3 is 0 Å². The molecule has 0 nitrogen and oxygen atoms in total. The Hall–Kier alpha value is -5.56. The van der Waals surface area contributed by atoms with Gasteiger partial charge in [-0.05, 0) is 342 Å². The summed E-state index contributed by atoms with van der Waals surface area (Å²) >= 11 is 30.1. The molecule has 16 rings (SSSR count). The third-order valence-electron chi connectivity index (χ3n) is 34.5. The fourth-order valence-corrected chi connectivity index (χ4v) is 24.1. The van der Waals surface area contributed by atoms with Gasteiger partial charge in [-0.15, -0.1) is 0 Å². The summed E-state index contributed by atoms with van der Waals surface area (Å²) < 4.78 is 150. The van der Waals surface area contributed by atoms with Gasteiger partial charge in [0.05, 0.1) is 25.1 Å². The first-order chi connectivity index (χ1) is 68.6. The summed E-state index contributed by atoms with van der Waals surface area (Å²) in [5.41, 5.74) is 10.8. The maximum absolute atomic E-state index is 13.9. The Morgan fingerprint density at radius 1 is 0.153 bits per heavy atom. The van der Waals surface area contributed by atoms with Crippen LogP contribution in [0.3, 0.4) is 0 Å². The number of benzene rings is 8. The molecule has 0 amide bonds. The molecule has 0 spiro atoms. The maximum atomic E-state index is 13.9. The lowest BCUT2D eigenvalue weighted by molar-refractivity contribution is 0.277. The maximum Gasteiger partial charge on any atom is 0.162 e. The highest BCUT2D eigenvalue weighted by Crippen LogP contribution is 2.42. The zero-order chi connectivity index (χ0) is 105. The standard InChI is InChI=1S/5C16H22ClF.3C16H22F2/c3*1-11-3-6-13(7-4-11)8-10-14-9-5-12(2)16(18)15(14)17;5*1-11-3-6-13(7-4-11)8-10-14-9-5-12(2)15(17)16(14)18/h8*5,9,11,13H,3-4,6-8,10H2,1-2H3. The monoisotopic (exact) mass is 2100 g/mol. The molecule has 800 valence electrons. The van der Waals surface area contributed by atoms with Crippen LogP contribution in [0.1, 0.15) is 401 Å². The smallest absolute Gasteiger partial charge is 0.162 e. The fraction of sp³-hybridized carbons (Fsp3) is 0.625. The predicted molar refractivity (Wildman–Crippen MR) is 590 cm³/mol. The second-order valence-electron chi connectivity index (χ2n) is 46.7. The summed E-state index contributed by atoms with van der Waals surface area (Å²) in [6, 6.07) is 29.3. The van der Waals surface area contributed by atoms with Crippen LogP contribution >= 0.6 is 58.0 Å². The van der Waals surface area contributed by atoms with Gasteiger partial charge < -0.3 is 0 Å². The van der Waals surface area contributed by atoms with Gasteiger partial charge in [-0.3, -0.25) is 0 Å². The lowest BCUT2D eigenvalue weighted by Crippen LogP contribution is -2.13. The second-order valence-corrected chi connectivity index (χ2v) is 48.6. The van der Waals surface area contributed by atoms with Gasteiger partial charge in [0.25, 0.3) is 0 Å². The minimum absolute atomic E-state index is 0.208. The molecule has 0 saturated heterocycles. The quantitative estimate of drug-likeness (QED) is 0.0529. The van der Waals surface area contributed by atoms with E-state index >= 15 is 0 Å². The molecule has 8 aromatic rings. The largest absolute Gasteiger partial charge is 0.205 e. The van der Waals surface area contributed by atoms with Gasteiger partial charge in [-0.2, -0.15) is 0 Å². The molecule has 8 saturated carbocycles. The third kappa shape index (κ3) is 39.9. The van der Waals surface area contributed by atoms with Crippen LogP contribution in [0.2, 0.25) is 25.1 Å². The van der Waals surface area contributed by atoms with Crippen molar-refractivity contribution in [1.82, 2.24) is 0 Å². The van der Waals surface area contributed by atoms with Gasteiger partial charge in [0, 0.05) is 0 Å². The van der Waals surface area contributed by atoms with Crippen molar-refractivity contribution >= 4 is 58.0 Å². The second kappa shape index (κ2) is 62.4. The van der Waals surface area contributed by atoms with Crippen LogP contribution in [-0.4, -0.2) is 0 Å². The van der Waals surface area contributed by atoms with E-state index in [2.05, 4.69) is 55.4 Å². The van der Waals surface area contributed by atoms with Gasteiger partial charge in [0.2, 0.25) is 0 Å². The lowest BCUT2D eigenvalue weighted by Gasteiger charge is -2.26. The molecule has 0 unspecified atom stereocenters. The van der Waals surface area contributed by atoms with Crippen LogP contribution in [0, 0.1) is 214 Å². The molecule has 8 fully saturated rings. The molecule has 144 heavy (non-hydrogen) atoms. The minimum atomic E-state index is -0.676. The van der Waals surface area contributed by atoms with Crippen molar-refractivity contribution in [3.63, 3.8) is 0 Å². The van der Waals surface area contributed by atoms with E-state index in [1.54, 1.807) is 77.9 Å². The molecule has 0 radical (unpaired) electrons. The SMILES string of the molecule is Cc1ccc(CCC2CCC(C)CC2)c(Cl)c1F.Cc1ccc(CCC2CCC(C)CC2)c(Cl)c1F.Cc1ccc(CCC2CCC(C)CC2)c(Cl)c1F.Cc1ccc(CCC2CCC(C)CC2)c(F)c1Cl.Cc1ccc(CCC2CCC(C)CC2)c(F)c1Cl.Cc1ccc(CCC2CCC(C)CC2)c(F)c1F.Cc1ccc(CCC2CCC(C)CC2)c(F)c1F.Cc1ccc(CCC2CCC(C)CC2)c(F)c1F. The van der Waals surface area contributed by atoms with Crippen LogP contribution in [0.5, 0.6) is 0 Å². The number of hydrogen-bond acceptors (Lipinski definition) is 0. The van der Waals surface area contributed by atoms with Gasteiger partial charge in [0.15, 0.2) is 34.9 Å². The zero-order valence-corrected chi connectivity index (χ0v) is 94.2. The van der Waals surface area contributed by atoms with E-state index in [4.69, 9.17) is 58.0 Å². The molecule has 0 heterocycles. The number of aryl methyl sites for hydroxylation is 16. The Bertz CT molecular complexity index is 4200. The highest BCUT2D eigenvalue weighted by Gasteiger charge is 2.29. The molecule has 0 aromatic heterocycles. The Labute approximate surface area is 888 Å². The fourth-order valence-electron chi connectivity index (χ4n) is 22.9. The van der Waals surface area contributed by atoms with Crippen molar-refractivity contribution in [1.29, 1.82) is 0 Å². The zero-order valence-electron chi connectivity index (χ0n) is 90.5. The minimum Gasteiger partial charge on any atom is -0.205 e. The Balaban J connectivity index is 0.000000183. The Kier molecular flexibility index (Phi) is 52.9. The van der Waals surface area contributed by atoms with Crippen molar-refractivity contribution in [2.45, 2.75) is 419 Å². The van der Waals surface area contributed by atoms with Crippen molar-refractivity contribution in [3.05, 3.63) is 275 Å². The highest BCUT2D eigenvalue weighted by atomic mass is 35.5. The predicted octanol–water partition coefficient (Wildman–Crippen LogP) is 42.8. The van der Waals surface area contributed by atoms with Gasteiger partial charge in [0.1, 0.15) is 29.1 Å². The lowest BCUT2D eigenvalue weighted by atomic mass is 9.80. The molecule has 16 heteroatoms. The summed E-state index contributed by atoms with van der Waals surface area (Å²) in [4.78, 5) is 0. The molecule has 8 aliphatic carbocycles. The van der Waals surface area contributed by atoms with E-state index in [9.17, 15) is 48.3 Å². The van der Waals surface area contributed by atoms with Crippen LogP contribution in [0.4, 0.5) is 48.3 Å². The third-order valence-corrected chi connectivity index (χ3v) is 36.7. The Morgan fingerprint density at radius 3 is 0.438 bits per heavy atom. The Morgan fingerprint density at radius 2 is 0.278 bits per heavy atom. The first kappa shape index (κ1) is 122. The van der Waals surface area contributed by atoms with Crippen LogP contribution in [0.15, 0.2) is 97.1 Å². The molecule has 0 bridgehead atoms. The number of rotatable bonds is 24. The van der Waals surface area contributed by atoms with E-state index in [0.29, 0.717) is 112 Å². The number of halogens is 16. The molecule has 0 N–H and O–H groups in total. The first-order valence-electron chi connectivity index (χ1n) is 56.1. The normalized spacial score (nSPS) is 24.2. The van der Waals surface area contributed by atoms with Crippen molar-refractivity contribution in [2.75, 3.05) is 0 Å². The van der Waals surface area contributed by atoms with Crippen LogP contribution < -0.4 is 0 Å². The average Bonchev–Trinajstić information content (AvgIpc) is 0.868. The van der Waals surface area contributed by atoms with E-state index in [1.807, 2.05) is 74.5 Å². The summed E-state index contributed by atoms with van der Waals surface area (Å²) in [5.74, 6) is 7.94. The van der Waals surface area contributed by atoms with Crippen molar-refractivity contribution < 1.29 is 48.3 Å². The number of hydrogen-bond donors (Lipinski definition) is 0. The average molecular weight is 2100 g/mol. The summed E-state index contributed by atoms with van der Waals surface area (Å²) in [6.45, 7) is 32.3. The summed E-state index contributed by atoms with van der Waals surface area (Å²) in [6.07, 6.45) is 56.8. The van der Waals surface area contributed by atoms with E-state index in [-0.39, 0.29) is 29.1 Å². The van der Waals surface area contributed by atoms with Gasteiger partial charge in [-0.25, -0.2) is 48.3 Å². The molecular weight excluding hydrogens is 1920 g/mol. The topological polar surface area (TPSA) is 0 Å². The van der Waals surface area contributed by atoms with Crippen LogP contribution in [-0.2, 0) is 51.4 Å². The first-order valence-corrected chi connectivity index (χ1v) is 58.0. The van der Waals surface area contributed by atoms with E-state index in [1.165, 1.54) is 205 Å². The van der Waals surface area contributed by atoms with Crippen molar-refractivity contribution in [3.8, 4) is 0 Å².